The molecule has 8 heteroatoms. The molecule has 1 amide bonds. The lowest BCUT2D eigenvalue weighted by Gasteiger charge is -2.22. The molecule has 0 saturated heterocycles. The summed E-state index contributed by atoms with van der Waals surface area (Å²) in [6.45, 7) is -2.62. The first-order valence-electron chi connectivity index (χ1n) is 5.91. The van der Waals surface area contributed by atoms with Crippen LogP contribution in [0.1, 0.15) is 10.4 Å². The third-order valence-corrected chi connectivity index (χ3v) is 2.79. The van der Waals surface area contributed by atoms with Gasteiger partial charge < -0.3 is 15.0 Å². The Morgan fingerprint density at radius 3 is 2.57 bits per heavy atom. The molecular weight excluding hydrogens is 289 g/mol. The second-order valence-corrected chi connectivity index (χ2v) is 4.45. The summed E-state index contributed by atoms with van der Waals surface area (Å²) in [5.41, 5.74) is 0.582. The van der Waals surface area contributed by atoms with E-state index >= 15 is 0 Å². The van der Waals surface area contributed by atoms with E-state index in [1.165, 1.54) is 12.1 Å². The van der Waals surface area contributed by atoms with E-state index in [0.29, 0.717) is 5.52 Å². The molecule has 2 aromatic rings. The number of aromatic nitrogens is 1. The monoisotopic (exact) mass is 300 g/mol. The third kappa shape index (κ3) is 3.74. The number of amides is 1. The van der Waals surface area contributed by atoms with Crippen LogP contribution in [0, 0.1) is 0 Å². The molecule has 0 unspecified atom stereocenters. The van der Waals surface area contributed by atoms with Crippen LogP contribution in [-0.4, -0.2) is 46.1 Å². The molecule has 0 saturated carbocycles. The van der Waals surface area contributed by atoms with Crippen molar-refractivity contribution >= 4 is 22.8 Å². The number of aromatic amines is 1. The Morgan fingerprint density at radius 1 is 1.24 bits per heavy atom. The Hall–Kier alpha value is -2.51. The van der Waals surface area contributed by atoms with Gasteiger partial charge in [-0.25, -0.2) is 0 Å². The summed E-state index contributed by atoms with van der Waals surface area (Å²) >= 11 is 0. The molecule has 1 aromatic carbocycles. The van der Waals surface area contributed by atoms with Crippen molar-refractivity contribution < 1.29 is 27.9 Å². The zero-order chi connectivity index (χ0) is 15.6. The number of hydrogen-bond acceptors (Lipinski definition) is 2. The molecule has 21 heavy (non-hydrogen) atoms. The minimum atomic E-state index is -4.67. The molecular formula is C13H11F3N2O3. The maximum absolute atomic E-state index is 12.4. The Morgan fingerprint density at radius 2 is 1.95 bits per heavy atom. The number of H-pyrrole nitrogens is 1. The zero-order valence-corrected chi connectivity index (χ0v) is 10.6. The maximum atomic E-state index is 12.4. The SMILES string of the molecule is O=C(O)CN(CC(F)(F)F)C(=O)c1ccc2cc[nH]c2c1. The van der Waals surface area contributed by atoms with Gasteiger partial charge in [0.2, 0.25) is 0 Å². The molecule has 0 radical (unpaired) electrons. The first kappa shape index (κ1) is 14.9. The molecule has 0 bridgehead atoms. The number of carboxylic acids is 1. The van der Waals surface area contributed by atoms with E-state index in [9.17, 15) is 22.8 Å². The lowest BCUT2D eigenvalue weighted by Crippen LogP contribution is -2.42. The van der Waals surface area contributed by atoms with E-state index in [4.69, 9.17) is 5.11 Å². The number of benzene rings is 1. The smallest absolute Gasteiger partial charge is 0.406 e. The Bertz CT molecular complexity index is 679. The maximum Gasteiger partial charge on any atom is 0.406 e. The third-order valence-electron chi connectivity index (χ3n) is 2.79. The normalized spacial score (nSPS) is 11.6. The lowest BCUT2D eigenvalue weighted by molar-refractivity contribution is -0.149. The average Bonchev–Trinajstić information content (AvgIpc) is 2.81. The standard InChI is InChI=1S/C13H11F3N2O3/c14-13(15,16)7-18(6-11(19)20)12(21)9-2-1-8-3-4-17-10(8)5-9/h1-5,17H,6-7H2,(H,19,20). The highest BCUT2D eigenvalue weighted by Gasteiger charge is 2.34. The van der Waals surface area contributed by atoms with Gasteiger partial charge in [-0.3, -0.25) is 9.59 Å². The van der Waals surface area contributed by atoms with Gasteiger partial charge in [-0.15, -0.1) is 0 Å². The molecule has 2 rings (SSSR count). The van der Waals surface area contributed by atoms with Gasteiger partial charge in [-0.05, 0) is 23.6 Å². The van der Waals surface area contributed by atoms with E-state index in [2.05, 4.69) is 4.98 Å². The Labute approximate surface area is 117 Å². The van der Waals surface area contributed by atoms with Gasteiger partial charge in [0, 0.05) is 17.3 Å². The number of carbonyl (C=O) groups excluding carboxylic acids is 1. The molecule has 2 N–H and O–H groups in total. The van der Waals surface area contributed by atoms with Crippen LogP contribution in [0.2, 0.25) is 0 Å². The summed E-state index contributed by atoms with van der Waals surface area (Å²) < 4.78 is 37.3. The van der Waals surface area contributed by atoms with Gasteiger partial charge in [0.25, 0.3) is 5.91 Å². The van der Waals surface area contributed by atoms with Crippen molar-refractivity contribution in [1.82, 2.24) is 9.88 Å². The van der Waals surface area contributed by atoms with Crippen LogP contribution in [0.25, 0.3) is 10.9 Å². The molecule has 0 atom stereocenters. The second kappa shape index (κ2) is 5.47. The predicted molar refractivity (Wildman–Crippen MR) is 67.9 cm³/mol. The number of nitrogens with one attached hydrogen (secondary N) is 1. The highest BCUT2D eigenvalue weighted by Crippen LogP contribution is 2.20. The Balaban J connectivity index is 2.29. The fourth-order valence-electron chi connectivity index (χ4n) is 1.94. The summed E-state index contributed by atoms with van der Waals surface area (Å²) in [5, 5.41) is 9.45. The van der Waals surface area contributed by atoms with Crippen LogP contribution < -0.4 is 0 Å². The molecule has 112 valence electrons. The highest BCUT2D eigenvalue weighted by atomic mass is 19.4. The van der Waals surface area contributed by atoms with Crippen molar-refractivity contribution in [2.45, 2.75) is 6.18 Å². The van der Waals surface area contributed by atoms with Crippen molar-refractivity contribution in [3.8, 4) is 0 Å². The number of carboxylic acid groups (broad SMARTS) is 1. The average molecular weight is 300 g/mol. The fourth-order valence-corrected chi connectivity index (χ4v) is 1.94. The first-order valence-corrected chi connectivity index (χ1v) is 5.91. The summed E-state index contributed by atoms with van der Waals surface area (Å²) in [7, 11) is 0. The number of alkyl halides is 3. The lowest BCUT2D eigenvalue weighted by atomic mass is 10.1. The van der Waals surface area contributed by atoms with Crippen molar-refractivity contribution in [3.05, 3.63) is 36.0 Å². The Kier molecular flexibility index (Phi) is 3.88. The van der Waals surface area contributed by atoms with Gasteiger partial charge in [0.05, 0.1) is 0 Å². The molecule has 0 aliphatic carbocycles. The van der Waals surface area contributed by atoms with Gasteiger partial charge >= 0.3 is 12.1 Å². The van der Waals surface area contributed by atoms with Gasteiger partial charge in [-0.1, -0.05) is 6.07 Å². The molecule has 0 aliphatic rings. The van der Waals surface area contributed by atoms with E-state index in [1.807, 2.05) is 0 Å². The largest absolute Gasteiger partial charge is 0.480 e. The van der Waals surface area contributed by atoms with E-state index in [1.54, 1.807) is 18.3 Å². The molecule has 5 nitrogen and oxygen atoms in total. The quantitative estimate of drug-likeness (QED) is 0.909. The number of fused-ring (bicyclic) bond motifs is 1. The number of halogens is 3. The first-order chi connectivity index (χ1) is 9.76. The number of aliphatic carboxylic acids is 1. The van der Waals surface area contributed by atoms with Crippen LogP contribution in [0.4, 0.5) is 13.2 Å². The van der Waals surface area contributed by atoms with Crippen LogP contribution >= 0.6 is 0 Å². The zero-order valence-electron chi connectivity index (χ0n) is 10.6. The molecule has 0 fully saturated rings. The summed E-state index contributed by atoms with van der Waals surface area (Å²) in [6.07, 6.45) is -3.04. The number of carbonyl (C=O) groups is 2. The molecule has 1 aromatic heterocycles. The van der Waals surface area contributed by atoms with Crippen LogP contribution in [0.15, 0.2) is 30.5 Å². The van der Waals surface area contributed by atoms with Crippen LogP contribution in [0.3, 0.4) is 0 Å². The van der Waals surface area contributed by atoms with Crippen LogP contribution in [0.5, 0.6) is 0 Å². The van der Waals surface area contributed by atoms with Gasteiger partial charge in [0.15, 0.2) is 0 Å². The van der Waals surface area contributed by atoms with E-state index in [-0.39, 0.29) is 10.5 Å². The van der Waals surface area contributed by atoms with Crippen molar-refractivity contribution in [1.29, 1.82) is 0 Å². The minimum Gasteiger partial charge on any atom is -0.480 e. The number of nitrogens with zero attached hydrogens (tertiary/aromatic N) is 1. The molecule has 0 aliphatic heterocycles. The van der Waals surface area contributed by atoms with Crippen LogP contribution in [-0.2, 0) is 4.79 Å². The molecule has 0 spiro atoms. The predicted octanol–water partition coefficient (Wildman–Crippen LogP) is 2.26. The summed E-state index contributed by atoms with van der Waals surface area (Å²) in [4.78, 5) is 25.8. The summed E-state index contributed by atoms with van der Waals surface area (Å²) in [5.74, 6) is -2.49. The van der Waals surface area contributed by atoms with Crippen molar-refractivity contribution in [3.63, 3.8) is 0 Å². The molecule has 1 heterocycles. The number of rotatable bonds is 4. The fraction of sp³-hybridized carbons (Fsp3) is 0.231. The van der Waals surface area contributed by atoms with E-state index < -0.39 is 31.1 Å². The number of hydrogen-bond donors (Lipinski definition) is 2. The second-order valence-electron chi connectivity index (χ2n) is 4.45. The topological polar surface area (TPSA) is 73.4 Å². The van der Waals surface area contributed by atoms with Crippen molar-refractivity contribution in [2.24, 2.45) is 0 Å². The minimum absolute atomic E-state index is 0.00421. The van der Waals surface area contributed by atoms with E-state index in [0.717, 1.165) is 5.39 Å². The summed E-state index contributed by atoms with van der Waals surface area (Å²) in [6, 6.07) is 6.08. The van der Waals surface area contributed by atoms with Gasteiger partial charge in [0.1, 0.15) is 13.1 Å². The van der Waals surface area contributed by atoms with Gasteiger partial charge in [-0.2, -0.15) is 13.2 Å². The highest BCUT2D eigenvalue weighted by molar-refractivity contribution is 5.99. The van der Waals surface area contributed by atoms with Crippen molar-refractivity contribution in [2.75, 3.05) is 13.1 Å².